The Morgan fingerprint density at radius 3 is 2.59 bits per heavy atom. The van der Waals surface area contributed by atoms with Crippen molar-refractivity contribution in [1.82, 2.24) is 9.97 Å². The summed E-state index contributed by atoms with van der Waals surface area (Å²) in [5.41, 5.74) is 2.05. The molecular weight excluding hydrogens is 318 g/mol. The smallest absolute Gasteiger partial charge is 0.129 e. The van der Waals surface area contributed by atoms with Crippen molar-refractivity contribution in [3.05, 3.63) is 34.9 Å². The SMILES string of the molecule is CC[C@@H](CC(C)(C)S(N)=O)c1cnc(C)c2cnc(Cl)cc12. The largest absolute Gasteiger partial charge is 0.261 e. The molecule has 0 radical (unpaired) electrons. The highest BCUT2D eigenvalue weighted by Crippen LogP contribution is 2.35. The lowest BCUT2D eigenvalue weighted by atomic mass is 9.86. The van der Waals surface area contributed by atoms with Crippen LogP contribution in [0.3, 0.4) is 0 Å². The number of halogens is 1. The first kappa shape index (κ1) is 17.3. The molecule has 0 aromatic carbocycles. The average molecular weight is 340 g/mol. The number of hydrogen-bond acceptors (Lipinski definition) is 3. The average Bonchev–Trinajstić information content (AvgIpc) is 2.45. The molecule has 2 N–H and O–H groups in total. The minimum atomic E-state index is -1.37. The Morgan fingerprint density at radius 2 is 2.00 bits per heavy atom. The van der Waals surface area contributed by atoms with E-state index in [0.29, 0.717) is 5.15 Å². The molecule has 4 nitrogen and oxygen atoms in total. The number of aromatic nitrogens is 2. The van der Waals surface area contributed by atoms with E-state index >= 15 is 0 Å². The van der Waals surface area contributed by atoms with Gasteiger partial charge in [-0.2, -0.15) is 0 Å². The van der Waals surface area contributed by atoms with Crippen LogP contribution in [0.2, 0.25) is 5.15 Å². The van der Waals surface area contributed by atoms with Crippen molar-refractivity contribution in [2.24, 2.45) is 5.14 Å². The Balaban J connectivity index is 2.54. The highest BCUT2D eigenvalue weighted by molar-refractivity contribution is 7.84. The van der Waals surface area contributed by atoms with Gasteiger partial charge < -0.3 is 0 Å². The van der Waals surface area contributed by atoms with Crippen LogP contribution < -0.4 is 5.14 Å². The van der Waals surface area contributed by atoms with Crippen molar-refractivity contribution >= 4 is 33.4 Å². The molecule has 0 fully saturated rings. The third kappa shape index (κ3) is 3.47. The summed E-state index contributed by atoms with van der Waals surface area (Å²) in [5, 5.41) is 8.18. The maximum Gasteiger partial charge on any atom is 0.129 e. The van der Waals surface area contributed by atoms with Crippen LogP contribution in [0.25, 0.3) is 10.8 Å². The Labute approximate surface area is 139 Å². The summed E-state index contributed by atoms with van der Waals surface area (Å²) < 4.78 is 11.3. The summed E-state index contributed by atoms with van der Waals surface area (Å²) in [6, 6.07) is 1.88. The Hall–Kier alpha value is -1.04. The van der Waals surface area contributed by atoms with Crippen molar-refractivity contribution in [1.29, 1.82) is 0 Å². The molecule has 0 bridgehead atoms. The molecule has 0 saturated heterocycles. The molecule has 6 heteroatoms. The van der Waals surface area contributed by atoms with Crippen molar-refractivity contribution in [3.63, 3.8) is 0 Å². The molecule has 2 aromatic rings. The van der Waals surface area contributed by atoms with Gasteiger partial charge in [0.1, 0.15) is 5.15 Å². The lowest BCUT2D eigenvalue weighted by Gasteiger charge is -2.27. The van der Waals surface area contributed by atoms with Crippen molar-refractivity contribution in [2.45, 2.75) is 51.2 Å². The first-order valence-electron chi connectivity index (χ1n) is 7.33. The van der Waals surface area contributed by atoms with Gasteiger partial charge in [0, 0.05) is 23.5 Å². The third-order valence-corrected chi connectivity index (χ3v) is 5.65. The van der Waals surface area contributed by atoms with Gasteiger partial charge in [-0.05, 0) is 56.5 Å². The molecule has 0 aliphatic rings. The number of nitrogens with zero attached hydrogens (tertiary/aromatic N) is 2. The standard InChI is InChI=1S/C16H22ClN3OS/c1-5-11(7-16(3,4)22(18)21)14-9-19-10(2)13-8-20-15(17)6-12(13)14/h6,8-9,11H,5,7,18H2,1-4H3/t11-,22?/m0/s1. The lowest BCUT2D eigenvalue weighted by molar-refractivity contribution is 0.508. The van der Waals surface area contributed by atoms with Crippen LogP contribution in [0.4, 0.5) is 0 Å². The summed E-state index contributed by atoms with van der Waals surface area (Å²) >= 11 is 6.07. The van der Waals surface area contributed by atoms with E-state index in [0.717, 1.165) is 34.9 Å². The van der Waals surface area contributed by atoms with Crippen molar-refractivity contribution in [2.75, 3.05) is 0 Å². The molecule has 0 aliphatic heterocycles. The zero-order valence-corrected chi connectivity index (χ0v) is 15.0. The van der Waals surface area contributed by atoms with E-state index in [2.05, 4.69) is 16.9 Å². The van der Waals surface area contributed by atoms with Gasteiger partial charge in [0.15, 0.2) is 0 Å². The number of nitrogens with two attached hydrogens (primary N) is 1. The molecule has 0 aliphatic carbocycles. The summed E-state index contributed by atoms with van der Waals surface area (Å²) in [6.07, 6.45) is 5.31. The highest BCUT2D eigenvalue weighted by Gasteiger charge is 2.29. The maximum atomic E-state index is 11.8. The summed E-state index contributed by atoms with van der Waals surface area (Å²) in [4.78, 5) is 8.64. The molecule has 2 atom stereocenters. The van der Waals surface area contributed by atoms with E-state index in [-0.39, 0.29) is 5.92 Å². The molecule has 22 heavy (non-hydrogen) atoms. The first-order chi connectivity index (χ1) is 10.3. The summed E-state index contributed by atoms with van der Waals surface area (Å²) in [7, 11) is -1.37. The number of aryl methyl sites for hydroxylation is 1. The number of hydrogen-bond donors (Lipinski definition) is 1. The maximum absolute atomic E-state index is 11.8. The molecule has 2 aromatic heterocycles. The second-order valence-electron chi connectivity index (χ2n) is 6.22. The summed E-state index contributed by atoms with van der Waals surface area (Å²) in [5.74, 6) is 0.219. The van der Waals surface area contributed by atoms with E-state index in [1.54, 1.807) is 6.20 Å². The number of pyridine rings is 2. The second kappa shape index (κ2) is 6.60. The van der Waals surface area contributed by atoms with Gasteiger partial charge in [-0.1, -0.05) is 18.5 Å². The predicted molar refractivity (Wildman–Crippen MR) is 93.3 cm³/mol. The Morgan fingerprint density at radius 1 is 1.32 bits per heavy atom. The monoisotopic (exact) mass is 339 g/mol. The van der Waals surface area contributed by atoms with E-state index in [1.165, 1.54) is 0 Å². The van der Waals surface area contributed by atoms with Gasteiger partial charge in [-0.3, -0.25) is 10.1 Å². The predicted octanol–water partition coefficient (Wildman–Crippen LogP) is 3.88. The van der Waals surface area contributed by atoms with Crippen LogP contribution in [0, 0.1) is 6.92 Å². The fourth-order valence-electron chi connectivity index (χ4n) is 2.74. The van der Waals surface area contributed by atoms with Crippen LogP contribution in [-0.4, -0.2) is 18.9 Å². The quantitative estimate of drug-likeness (QED) is 0.840. The van der Waals surface area contributed by atoms with Crippen LogP contribution in [0.15, 0.2) is 18.5 Å². The third-order valence-electron chi connectivity index (χ3n) is 4.18. The fraction of sp³-hybridized carbons (Fsp3) is 0.500. The lowest BCUT2D eigenvalue weighted by Crippen LogP contribution is -2.33. The van der Waals surface area contributed by atoms with Gasteiger partial charge in [0.05, 0.1) is 15.7 Å². The van der Waals surface area contributed by atoms with Crippen LogP contribution in [0.5, 0.6) is 0 Å². The van der Waals surface area contributed by atoms with E-state index in [4.69, 9.17) is 16.7 Å². The highest BCUT2D eigenvalue weighted by atomic mass is 35.5. The Bertz CT molecular complexity index is 718. The van der Waals surface area contributed by atoms with Gasteiger partial charge in [-0.25, -0.2) is 9.19 Å². The minimum Gasteiger partial charge on any atom is -0.261 e. The summed E-state index contributed by atoms with van der Waals surface area (Å²) in [6.45, 7) is 7.95. The van der Waals surface area contributed by atoms with E-state index in [1.807, 2.05) is 33.0 Å². The minimum absolute atomic E-state index is 0.219. The fourth-order valence-corrected chi connectivity index (χ4v) is 3.26. The van der Waals surface area contributed by atoms with Crippen molar-refractivity contribution in [3.8, 4) is 0 Å². The molecular formula is C16H22ClN3OS. The van der Waals surface area contributed by atoms with E-state index in [9.17, 15) is 4.21 Å². The molecule has 0 amide bonds. The van der Waals surface area contributed by atoms with Gasteiger partial charge >= 0.3 is 0 Å². The molecule has 0 saturated carbocycles. The molecule has 2 rings (SSSR count). The zero-order chi connectivity index (χ0) is 16.5. The van der Waals surface area contributed by atoms with Gasteiger partial charge in [0.2, 0.25) is 0 Å². The topological polar surface area (TPSA) is 68.9 Å². The Kier molecular flexibility index (Phi) is 5.20. The van der Waals surface area contributed by atoms with Crippen LogP contribution in [-0.2, 0) is 11.0 Å². The van der Waals surface area contributed by atoms with Gasteiger partial charge in [-0.15, -0.1) is 0 Å². The number of rotatable bonds is 5. The molecule has 1 unspecified atom stereocenters. The van der Waals surface area contributed by atoms with Crippen LogP contribution in [0.1, 0.15) is 50.8 Å². The zero-order valence-electron chi connectivity index (χ0n) is 13.4. The van der Waals surface area contributed by atoms with E-state index < -0.39 is 15.7 Å². The molecule has 2 heterocycles. The second-order valence-corrected chi connectivity index (χ2v) is 8.31. The van der Waals surface area contributed by atoms with Crippen LogP contribution >= 0.6 is 11.6 Å². The van der Waals surface area contributed by atoms with Crippen molar-refractivity contribution < 1.29 is 4.21 Å². The number of fused-ring (bicyclic) bond motifs is 1. The normalized spacial score (nSPS) is 15.0. The van der Waals surface area contributed by atoms with Gasteiger partial charge in [0.25, 0.3) is 0 Å². The molecule has 0 spiro atoms. The molecule has 120 valence electrons. The first-order valence-corrected chi connectivity index (χ1v) is 8.92.